The molecular formula is C12H14N2O2S. The van der Waals surface area contributed by atoms with Gasteiger partial charge in [-0.05, 0) is 32.2 Å². The molecule has 2 aromatic rings. The smallest absolute Gasteiger partial charge is 0.257 e. The average molecular weight is 250 g/mol. The predicted octanol–water partition coefficient (Wildman–Crippen LogP) is 2.84. The van der Waals surface area contributed by atoms with Gasteiger partial charge in [-0.2, -0.15) is 0 Å². The van der Waals surface area contributed by atoms with Crippen molar-refractivity contribution in [3.63, 3.8) is 0 Å². The molecule has 0 aliphatic heterocycles. The molecule has 0 saturated carbocycles. The fourth-order valence-electron chi connectivity index (χ4n) is 1.68. The number of hydrogen-bond acceptors (Lipinski definition) is 4. The molecule has 0 aromatic carbocycles. The summed E-state index contributed by atoms with van der Waals surface area (Å²) in [7, 11) is 0. The second-order valence-electron chi connectivity index (χ2n) is 3.91. The molecule has 2 rings (SSSR count). The van der Waals surface area contributed by atoms with Gasteiger partial charge < -0.3 is 9.84 Å². The maximum Gasteiger partial charge on any atom is 0.257 e. The Morgan fingerprint density at radius 1 is 1.53 bits per heavy atom. The van der Waals surface area contributed by atoms with E-state index in [0.717, 1.165) is 4.88 Å². The van der Waals surface area contributed by atoms with Crippen molar-refractivity contribution in [1.29, 1.82) is 0 Å². The lowest BCUT2D eigenvalue weighted by molar-refractivity contribution is 0.0938. The summed E-state index contributed by atoms with van der Waals surface area (Å²) in [4.78, 5) is 13.2. The van der Waals surface area contributed by atoms with Crippen LogP contribution >= 0.6 is 11.3 Å². The van der Waals surface area contributed by atoms with Gasteiger partial charge in [0.15, 0.2) is 0 Å². The number of aromatic nitrogens is 1. The average Bonchev–Trinajstić information content (AvgIpc) is 2.88. The van der Waals surface area contributed by atoms with Crippen LogP contribution in [0.25, 0.3) is 0 Å². The molecule has 2 aromatic heterocycles. The molecule has 0 radical (unpaired) electrons. The monoisotopic (exact) mass is 250 g/mol. The zero-order chi connectivity index (χ0) is 12.4. The molecule has 5 heteroatoms. The minimum atomic E-state index is -0.137. The number of rotatable bonds is 3. The van der Waals surface area contributed by atoms with Gasteiger partial charge in [-0.3, -0.25) is 4.79 Å². The first kappa shape index (κ1) is 11.9. The van der Waals surface area contributed by atoms with Crippen molar-refractivity contribution in [3.8, 4) is 0 Å². The number of nitrogens with zero attached hydrogens (tertiary/aromatic N) is 1. The predicted molar refractivity (Wildman–Crippen MR) is 66.2 cm³/mol. The zero-order valence-corrected chi connectivity index (χ0v) is 10.8. The van der Waals surface area contributed by atoms with Crippen molar-refractivity contribution < 1.29 is 9.32 Å². The second kappa shape index (κ2) is 4.71. The SMILES string of the molecule is Cc1noc(C)c1C(=O)N[C@H](C)c1cccs1. The first-order valence-corrected chi connectivity index (χ1v) is 6.24. The van der Waals surface area contributed by atoms with Gasteiger partial charge in [0, 0.05) is 4.88 Å². The van der Waals surface area contributed by atoms with Crippen LogP contribution < -0.4 is 5.32 Å². The van der Waals surface area contributed by atoms with Gasteiger partial charge in [0.25, 0.3) is 5.91 Å². The summed E-state index contributed by atoms with van der Waals surface area (Å²) in [6.07, 6.45) is 0. The Labute approximate surface area is 104 Å². The summed E-state index contributed by atoms with van der Waals surface area (Å²) in [5, 5.41) is 8.71. The second-order valence-corrected chi connectivity index (χ2v) is 4.89. The van der Waals surface area contributed by atoms with Crippen molar-refractivity contribution in [2.24, 2.45) is 0 Å². The van der Waals surface area contributed by atoms with Gasteiger partial charge in [-0.25, -0.2) is 0 Å². The topological polar surface area (TPSA) is 55.1 Å². The van der Waals surface area contributed by atoms with Crippen molar-refractivity contribution in [1.82, 2.24) is 10.5 Å². The van der Waals surface area contributed by atoms with E-state index in [-0.39, 0.29) is 11.9 Å². The Bertz CT molecular complexity index is 497. The highest BCUT2D eigenvalue weighted by atomic mass is 32.1. The van der Waals surface area contributed by atoms with Crippen LogP contribution in [0.5, 0.6) is 0 Å². The molecule has 0 unspecified atom stereocenters. The van der Waals surface area contributed by atoms with Crippen LogP contribution in [0.4, 0.5) is 0 Å². The van der Waals surface area contributed by atoms with Gasteiger partial charge in [-0.1, -0.05) is 11.2 Å². The Morgan fingerprint density at radius 2 is 2.29 bits per heavy atom. The maximum absolute atomic E-state index is 12.0. The first-order chi connectivity index (χ1) is 8.09. The van der Waals surface area contributed by atoms with E-state index < -0.39 is 0 Å². The van der Waals surface area contributed by atoms with Crippen molar-refractivity contribution >= 4 is 17.2 Å². The third-order valence-corrected chi connectivity index (χ3v) is 3.63. The highest BCUT2D eigenvalue weighted by Crippen LogP contribution is 2.20. The van der Waals surface area contributed by atoms with E-state index >= 15 is 0 Å². The minimum Gasteiger partial charge on any atom is -0.361 e. The molecule has 0 bridgehead atoms. The van der Waals surface area contributed by atoms with E-state index in [9.17, 15) is 4.79 Å². The lowest BCUT2D eigenvalue weighted by atomic mass is 10.1. The molecule has 0 aliphatic rings. The van der Waals surface area contributed by atoms with E-state index in [1.807, 2.05) is 24.4 Å². The molecule has 90 valence electrons. The van der Waals surface area contributed by atoms with Crippen LogP contribution in [-0.2, 0) is 0 Å². The summed E-state index contributed by atoms with van der Waals surface area (Å²) in [5.74, 6) is 0.417. The van der Waals surface area contributed by atoms with Crippen LogP contribution in [0.15, 0.2) is 22.0 Å². The number of carbonyl (C=O) groups excluding carboxylic acids is 1. The molecule has 1 amide bonds. The lowest BCUT2D eigenvalue weighted by Crippen LogP contribution is -2.26. The Kier molecular flexibility index (Phi) is 3.28. The number of aryl methyl sites for hydroxylation is 2. The zero-order valence-electron chi connectivity index (χ0n) is 9.98. The molecular weight excluding hydrogens is 236 g/mol. The normalized spacial score (nSPS) is 12.4. The number of thiophene rings is 1. The highest BCUT2D eigenvalue weighted by molar-refractivity contribution is 7.10. The molecule has 0 saturated heterocycles. The quantitative estimate of drug-likeness (QED) is 0.911. The third-order valence-electron chi connectivity index (χ3n) is 2.58. The van der Waals surface area contributed by atoms with Crippen LogP contribution in [0.1, 0.15) is 39.7 Å². The lowest BCUT2D eigenvalue weighted by Gasteiger charge is -2.11. The third kappa shape index (κ3) is 2.39. The Balaban J connectivity index is 2.12. The van der Waals surface area contributed by atoms with Gasteiger partial charge in [0.1, 0.15) is 11.3 Å². The Morgan fingerprint density at radius 3 is 2.82 bits per heavy atom. The molecule has 1 N–H and O–H groups in total. The maximum atomic E-state index is 12.0. The summed E-state index contributed by atoms with van der Waals surface area (Å²) >= 11 is 1.62. The number of hydrogen-bond donors (Lipinski definition) is 1. The van der Waals surface area contributed by atoms with E-state index in [1.54, 1.807) is 25.2 Å². The number of amides is 1. The summed E-state index contributed by atoms with van der Waals surface area (Å²) in [6, 6.07) is 3.97. The van der Waals surface area contributed by atoms with Gasteiger partial charge >= 0.3 is 0 Å². The molecule has 4 nitrogen and oxygen atoms in total. The molecule has 1 atom stereocenters. The fraction of sp³-hybridized carbons (Fsp3) is 0.333. The minimum absolute atomic E-state index is 0.00352. The van der Waals surface area contributed by atoms with Crippen LogP contribution in [-0.4, -0.2) is 11.1 Å². The van der Waals surface area contributed by atoms with Crippen LogP contribution in [0.3, 0.4) is 0 Å². The number of carbonyl (C=O) groups is 1. The molecule has 0 aliphatic carbocycles. The van der Waals surface area contributed by atoms with Crippen molar-refractivity contribution in [2.75, 3.05) is 0 Å². The van der Waals surface area contributed by atoms with Crippen LogP contribution in [0.2, 0.25) is 0 Å². The number of nitrogens with one attached hydrogen (secondary N) is 1. The summed E-state index contributed by atoms with van der Waals surface area (Å²) < 4.78 is 4.98. The Hall–Kier alpha value is -1.62. The van der Waals surface area contributed by atoms with Gasteiger partial charge in [0.05, 0.1) is 11.7 Å². The fourth-order valence-corrected chi connectivity index (χ4v) is 2.42. The summed E-state index contributed by atoms with van der Waals surface area (Å²) in [5.41, 5.74) is 1.16. The summed E-state index contributed by atoms with van der Waals surface area (Å²) in [6.45, 7) is 5.47. The van der Waals surface area contributed by atoms with Gasteiger partial charge in [-0.15, -0.1) is 11.3 Å². The van der Waals surface area contributed by atoms with E-state index in [1.165, 1.54) is 0 Å². The highest BCUT2D eigenvalue weighted by Gasteiger charge is 2.19. The molecule has 2 heterocycles. The molecule has 0 fully saturated rings. The molecule has 0 spiro atoms. The first-order valence-electron chi connectivity index (χ1n) is 5.36. The largest absolute Gasteiger partial charge is 0.361 e. The van der Waals surface area contributed by atoms with Crippen LogP contribution in [0, 0.1) is 13.8 Å². The van der Waals surface area contributed by atoms with E-state index in [2.05, 4.69) is 10.5 Å². The molecule has 17 heavy (non-hydrogen) atoms. The standard InChI is InChI=1S/C12H14N2O2S/c1-7(10-5-4-6-17-10)13-12(15)11-8(2)14-16-9(11)3/h4-7H,1-3H3,(H,13,15)/t7-/m1/s1. The van der Waals surface area contributed by atoms with Crippen molar-refractivity contribution in [3.05, 3.63) is 39.4 Å². The van der Waals surface area contributed by atoms with Crippen molar-refractivity contribution in [2.45, 2.75) is 26.8 Å². The van der Waals surface area contributed by atoms with E-state index in [4.69, 9.17) is 4.52 Å². The van der Waals surface area contributed by atoms with E-state index in [0.29, 0.717) is 17.0 Å². The van der Waals surface area contributed by atoms with Gasteiger partial charge in [0.2, 0.25) is 0 Å².